The molecule has 0 unspecified atom stereocenters. The Labute approximate surface area is 218 Å². The molecule has 0 saturated carbocycles. The van der Waals surface area contributed by atoms with E-state index in [0.717, 1.165) is 16.5 Å². The summed E-state index contributed by atoms with van der Waals surface area (Å²) in [5.41, 5.74) is 12.1. The Kier molecular flexibility index (Phi) is 10.6. The van der Waals surface area contributed by atoms with Gasteiger partial charge in [0.25, 0.3) is 0 Å². The molecule has 0 fully saturated rings. The number of amides is 4. The molecule has 4 amide bonds. The van der Waals surface area contributed by atoms with Crippen LogP contribution in [0.15, 0.2) is 30.5 Å². The number of aliphatic carboxylic acids is 1. The van der Waals surface area contributed by atoms with Crippen molar-refractivity contribution in [2.45, 2.75) is 56.8 Å². The van der Waals surface area contributed by atoms with Crippen molar-refractivity contribution in [2.75, 3.05) is 12.0 Å². The van der Waals surface area contributed by atoms with Crippen LogP contribution < -0.4 is 27.4 Å². The first-order valence-electron chi connectivity index (χ1n) is 11.6. The Morgan fingerprint density at radius 2 is 1.70 bits per heavy atom. The SMILES string of the molecule is CSCC[C@H](NC(=O)[C@@H](N)Cc1c[nH]c2ccccc12)C(=O)N[C@@H](CC(=O)O)C(=O)NC(=O)C(C)(C)N. The predicted octanol–water partition coefficient (Wildman–Crippen LogP) is -0.385. The van der Waals surface area contributed by atoms with E-state index in [0.29, 0.717) is 5.75 Å². The van der Waals surface area contributed by atoms with Gasteiger partial charge in [-0.2, -0.15) is 11.8 Å². The average molecular weight is 535 g/mol. The highest BCUT2D eigenvalue weighted by molar-refractivity contribution is 7.98. The van der Waals surface area contributed by atoms with E-state index in [-0.39, 0.29) is 12.8 Å². The smallest absolute Gasteiger partial charge is 0.305 e. The Morgan fingerprint density at radius 1 is 1.05 bits per heavy atom. The quantitative estimate of drug-likeness (QED) is 0.178. The lowest BCUT2D eigenvalue weighted by atomic mass is 10.0. The normalized spacial score (nSPS) is 13.9. The van der Waals surface area contributed by atoms with Gasteiger partial charge in [-0.25, -0.2) is 0 Å². The monoisotopic (exact) mass is 534 g/mol. The summed E-state index contributed by atoms with van der Waals surface area (Å²) in [5.74, 6) is -4.09. The predicted molar refractivity (Wildman–Crippen MR) is 141 cm³/mol. The summed E-state index contributed by atoms with van der Waals surface area (Å²) in [6.07, 6.45) is 3.23. The van der Waals surface area contributed by atoms with Gasteiger partial charge in [-0.3, -0.25) is 29.3 Å². The number of aromatic amines is 1. The number of hydrogen-bond acceptors (Lipinski definition) is 8. The molecule has 0 bridgehead atoms. The van der Waals surface area contributed by atoms with Crippen LogP contribution in [0.5, 0.6) is 0 Å². The number of carboxylic acid groups (broad SMARTS) is 1. The van der Waals surface area contributed by atoms with E-state index in [1.54, 1.807) is 6.20 Å². The van der Waals surface area contributed by atoms with E-state index in [9.17, 15) is 29.1 Å². The largest absolute Gasteiger partial charge is 0.481 e. The van der Waals surface area contributed by atoms with Gasteiger partial charge in [-0.05, 0) is 50.3 Å². The standard InChI is InChI=1S/C24H34N6O6S/c1-24(2,26)23(36)30-22(35)18(11-19(31)32)29-21(34)17(8-9-37-3)28-20(33)15(25)10-13-12-27-16-7-5-4-6-14(13)16/h4-7,12,15,17-18,27H,8-11,25-26H2,1-3H3,(H,28,33)(H,29,34)(H,31,32)(H,30,35,36)/t15-,17-,18-/m0/s1. The molecule has 13 heteroatoms. The van der Waals surface area contributed by atoms with Crippen LogP contribution in [0.2, 0.25) is 0 Å². The topological polar surface area (TPSA) is 209 Å². The van der Waals surface area contributed by atoms with Crippen LogP contribution in [0.4, 0.5) is 0 Å². The van der Waals surface area contributed by atoms with Gasteiger partial charge in [0.1, 0.15) is 12.1 Å². The van der Waals surface area contributed by atoms with Crippen LogP contribution >= 0.6 is 11.8 Å². The van der Waals surface area contributed by atoms with Gasteiger partial charge in [-0.1, -0.05) is 18.2 Å². The number of nitrogens with one attached hydrogen (secondary N) is 4. The second kappa shape index (κ2) is 13.2. The molecule has 9 N–H and O–H groups in total. The highest BCUT2D eigenvalue weighted by Gasteiger charge is 2.32. The van der Waals surface area contributed by atoms with Crippen molar-refractivity contribution in [3.05, 3.63) is 36.0 Å². The number of hydrogen-bond donors (Lipinski definition) is 7. The maximum atomic E-state index is 13.0. The Hall–Kier alpha value is -3.42. The van der Waals surface area contributed by atoms with Crippen molar-refractivity contribution in [1.82, 2.24) is 20.9 Å². The Balaban J connectivity index is 2.11. The first-order valence-corrected chi connectivity index (χ1v) is 13.0. The number of rotatable bonds is 13. The van der Waals surface area contributed by atoms with Crippen molar-refractivity contribution >= 4 is 52.3 Å². The fraction of sp³-hybridized carbons (Fsp3) is 0.458. The van der Waals surface area contributed by atoms with Gasteiger partial charge in [-0.15, -0.1) is 0 Å². The van der Waals surface area contributed by atoms with E-state index < -0.39 is 59.7 Å². The van der Waals surface area contributed by atoms with Gasteiger partial charge in [0.15, 0.2) is 0 Å². The maximum absolute atomic E-state index is 13.0. The van der Waals surface area contributed by atoms with Gasteiger partial charge in [0.2, 0.25) is 23.6 Å². The molecule has 2 rings (SSSR count). The van der Waals surface area contributed by atoms with E-state index in [4.69, 9.17) is 11.5 Å². The van der Waals surface area contributed by atoms with Crippen LogP contribution in [0.1, 0.15) is 32.3 Å². The first kappa shape index (κ1) is 29.8. The van der Waals surface area contributed by atoms with Crippen LogP contribution in [-0.4, -0.2) is 75.4 Å². The summed E-state index contributed by atoms with van der Waals surface area (Å²) in [5, 5.41) is 17.1. The number of benzene rings is 1. The summed E-state index contributed by atoms with van der Waals surface area (Å²) in [6.45, 7) is 2.74. The number of aromatic nitrogens is 1. The van der Waals surface area contributed by atoms with Gasteiger partial charge in [0, 0.05) is 17.1 Å². The molecule has 37 heavy (non-hydrogen) atoms. The Bertz CT molecular complexity index is 1140. The molecule has 1 aromatic carbocycles. The number of imide groups is 1. The lowest BCUT2D eigenvalue weighted by molar-refractivity contribution is -0.143. The lowest BCUT2D eigenvalue weighted by Crippen LogP contribution is -2.59. The van der Waals surface area contributed by atoms with E-state index in [1.165, 1.54) is 25.6 Å². The van der Waals surface area contributed by atoms with Gasteiger partial charge in [0.05, 0.1) is 18.0 Å². The second-order valence-corrected chi connectivity index (χ2v) is 10.2. The first-order chi connectivity index (χ1) is 17.3. The molecule has 0 spiro atoms. The molecular weight excluding hydrogens is 500 g/mol. The molecule has 0 radical (unpaired) electrons. The molecule has 1 heterocycles. The highest BCUT2D eigenvalue weighted by atomic mass is 32.2. The number of carbonyl (C=O) groups excluding carboxylic acids is 4. The lowest BCUT2D eigenvalue weighted by Gasteiger charge is -2.24. The van der Waals surface area contributed by atoms with E-state index in [1.807, 2.05) is 35.8 Å². The third-order valence-corrected chi connectivity index (χ3v) is 6.17. The minimum absolute atomic E-state index is 0.203. The molecule has 2 aromatic rings. The molecule has 0 saturated heterocycles. The third kappa shape index (κ3) is 8.88. The molecule has 1 aromatic heterocycles. The van der Waals surface area contributed by atoms with Crippen LogP contribution in [0.25, 0.3) is 10.9 Å². The zero-order chi connectivity index (χ0) is 27.8. The minimum Gasteiger partial charge on any atom is -0.481 e. The number of fused-ring (bicyclic) bond motifs is 1. The number of thioether (sulfide) groups is 1. The van der Waals surface area contributed by atoms with E-state index >= 15 is 0 Å². The van der Waals surface area contributed by atoms with Gasteiger partial charge < -0.3 is 32.2 Å². The molecular formula is C24H34N6O6S. The van der Waals surface area contributed by atoms with Crippen LogP contribution in [0.3, 0.4) is 0 Å². The molecule has 12 nitrogen and oxygen atoms in total. The molecule has 0 aliphatic carbocycles. The summed E-state index contributed by atoms with van der Waals surface area (Å²) in [4.78, 5) is 64.9. The minimum atomic E-state index is -1.56. The number of para-hydroxylation sites is 1. The summed E-state index contributed by atoms with van der Waals surface area (Å²) in [7, 11) is 0. The number of carbonyl (C=O) groups is 5. The average Bonchev–Trinajstić information content (AvgIpc) is 3.22. The van der Waals surface area contributed by atoms with Crippen molar-refractivity contribution in [2.24, 2.45) is 11.5 Å². The number of carboxylic acids is 1. The van der Waals surface area contributed by atoms with Crippen LogP contribution in [0, 0.1) is 0 Å². The van der Waals surface area contributed by atoms with Crippen molar-refractivity contribution < 1.29 is 29.1 Å². The third-order valence-electron chi connectivity index (χ3n) is 5.53. The summed E-state index contributed by atoms with van der Waals surface area (Å²) >= 11 is 1.44. The molecule has 0 aliphatic heterocycles. The molecule has 3 atom stereocenters. The molecule has 0 aliphatic rings. The summed E-state index contributed by atoms with van der Waals surface area (Å²) < 4.78 is 0. The molecule has 202 valence electrons. The summed E-state index contributed by atoms with van der Waals surface area (Å²) in [6, 6.07) is 3.95. The highest BCUT2D eigenvalue weighted by Crippen LogP contribution is 2.19. The van der Waals surface area contributed by atoms with E-state index in [2.05, 4.69) is 15.6 Å². The number of nitrogens with two attached hydrogens (primary N) is 2. The van der Waals surface area contributed by atoms with Gasteiger partial charge >= 0.3 is 5.97 Å². The fourth-order valence-electron chi connectivity index (χ4n) is 3.43. The maximum Gasteiger partial charge on any atom is 0.305 e. The number of H-pyrrole nitrogens is 1. The fourth-order valence-corrected chi connectivity index (χ4v) is 3.90. The van der Waals surface area contributed by atoms with Crippen molar-refractivity contribution in [3.8, 4) is 0 Å². The Morgan fingerprint density at radius 3 is 2.32 bits per heavy atom. The van der Waals surface area contributed by atoms with Crippen molar-refractivity contribution in [1.29, 1.82) is 0 Å². The second-order valence-electron chi connectivity index (χ2n) is 9.21. The van der Waals surface area contributed by atoms with Crippen molar-refractivity contribution in [3.63, 3.8) is 0 Å². The zero-order valence-electron chi connectivity index (χ0n) is 21.0. The zero-order valence-corrected chi connectivity index (χ0v) is 21.8. The van der Waals surface area contributed by atoms with Crippen LogP contribution in [-0.2, 0) is 30.4 Å².